The molecule has 0 atom stereocenters. The summed E-state index contributed by atoms with van der Waals surface area (Å²) in [5.41, 5.74) is 1.47. The van der Waals surface area contributed by atoms with Crippen molar-refractivity contribution in [3.8, 4) is 5.75 Å². The molecule has 0 heterocycles. The zero-order valence-corrected chi connectivity index (χ0v) is 17.1. The average Bonchev–Trinajstić information content (AvgIpc) is 2.68. The molecule has 0 bridgehead atoms. The zero-order valence-electron chi connectivity index (χ0n) is 16.3. The third-order valence-corrected chi connectivity index (χ3v) is 4.13. The lowest BCUT2D eigenvalue weighted by atomic mass is 10.1. The molecule has 0 aromatic heterocycles. The molecule has 0 aliphatic carbocycles. The first-order valence-electron chi connectivity index (χ1n) is 9.08. The Kier molecular flexibility index (Phi) is 7.95. The van der Waals surface area contributed by atoms with Crippen LogP contribution in [0.4, 0.5) is 5.69 Å². The van der Waals surface area contributed by atoms with Gasteiger partial charge >= 0.3 is 0 Å². The second-order valence-corrected chi connectivity index (χ2v) is 6.79. The minimum Gasteiger partial charge on any atom is -0.494 e. The number of hydrogen-bond donors (Lipinski definition) is 2. The molecule has 2 amide bonds. The fourth-order valence-corrected chi connectivity index (χ4v) is 2.59. The van der Waals surface area contributed by atoms with E-state index in [4.69, 9.17) is 17.0 Å². The molecule has 0 unspecified atom stereocenters. The fourth-order valence-electron chi connectivity index (χ4n) is 2.39. The maximum atomic E-state index is 12.4. The third-order valence-electron chi connectivity index (χ3n) is 3.92. The summed E-state index contributed by atoms with van der Waals surface area (Å²) in [6.07, 6.45) is 2.05. The van der Waals surface area contributed by atoms with Crippen molar-refractivity contribution in [3.05, 3.63) is 59.7 Å². The topological polar surface area (TPSA) is 70.7 Å². The van der Waals surface area contributed by atoms with Gasteiger partial charge in [0.05, 0.1) is 17.9 Å². The molecule has 7 heteroatoms. The quantitative estimate of drug-likeness (QED) is 0.549. The number of rotatable bonds is 7. The largest absolute Gasteiger partial charge is 0.494 e. The maximum absolute atomic E-state index is 12.4. The Morgan fingerprint density at radius 1 is 1.07 bits per heavy atom. The summed E-state index contributed by atoms with van der Waals surface area (Å²) in [4.78, 5) is 26.1. The Morgan fingerprint density at radius 3 is 2.39 bits per heavy atom. The number of nitrogens with zero attached hydrogens (tertiary/aromatic N) is 1. The van der Waals surface area contributed by atoms with Crippen molar-refractivity contribution in [2.75, 3.05) is 26.0 Å². The van der Waals surface area contributed by atoms with Crippen molar-refractivity contribution in [1.82, 2.24) is 10.2 Å². The van der Waals surface area contributed by atoms with E-state index >= 15 is 0 Å². The summed E-state index contributed by atoms with van der Waals surface area (Å²) in [6.45, 7) is 2.75. The predicted octanol–water partition coefficient (Wildman–Crippen LogP) is 3.69. The van der Waals surface area contributed by atoms with Crippen LogP contribution in [0.15, 0.2) is 48.5 Å². The highest BCUT2D eigenvalue weighted by Gasteiger charge is 2.14. The van der Waals surface area contributed by atoms with Gasteiger partial charge in [0.15, 0.2) is 5.11 Å². The highest BCUT2D eigenvalue weighted by molar-refractivity contribution is 7.80. The molecule has 148 valence electrons. The van der Waals surface area contributed by atoms with Gasteiger partial charge in [0.1, 0.15) is 5.75 Å². The van der Waals surface area contributed by atoms with E-state index in [9.17, 15) is 9.59 Å². The minimum atomic E-state index is -0.339. The van der Waals surface area contributed by atoms with E-state index < -0.39 is 0 Å². The number of ether oxygens (including phenoxy) is 1. The monoisotopic (exact) mass is 399 g/mol. The smallest absolute Gasteiger partial charge is 0.257 e. The van der Waals surface area contributed by atoms with E-state index in [0.29, 0.717) is 23.4 Å². The number of hydrogen-bond acceptors (Lipinski definition) is 4. The Bertz CT molecular complexity index is 835. The maximum Gasteiger partial charge on any atom is 0.257 e. The summed E-state index contributed by atoms with van der Waals surface area (Å²) in [5.74, 6) is 0.228. The predicted molar refractivity (Wildman–Crippen MR) is 115 cm³/mol. The minimum absolute atomic E-state index is 0.118. The molecule has 0 aliphatic rings. The van der Waals surface area contributed by atoms with Gasteiger partial charge in [0.2, 0.25) is 0 Å². The standard InChI is InChI=1S/C21H25N3O3S/c1-4-5-14-27-16-12-10-15(11-13-16)19(25)23-21(28)22-18-9-7-6-8-17(18)20(26)24(2)3/h6-13H,4-5,14H2,1-3H3,(H2,22,23,25,28). The molecule has 2 aromatic rings. The van der Waals surface area contributed by atoms with E-state index in [-0.39, 0.29) is 16.9 Å². The number of para-hydroxylation sites is 1. The van der Waals surface area contributed by atoms with Crippen LogP contribution in [0.3, 0.4) is 0 Å². The van der Waals surface area contributed by atoms with E-state index in [1.807, 2.05) is 0 Å². The van der Waals surface area contributed by atoms with Crippen molar-refractivity contribution < 1.29 is 14.3 Å². The Labute approximate surface area is 170 Å². The highest BCUT2D eigenvalue weighted by Crippen LogP contribution is 2.17. The lowest BCUT2D eigenvalue weighted by Gasteiger charge is -2.16. The third kappa shape index (κ3) is 6.06. The van der Waals surface area contributed by atoms with Gasteiger partial charge in [-0.25, -0.2) is 0 Å². The number of nitrogens with one attached hydrogen (secondary N) is 2. The van der Waals surface area contributed by atoms with Crippen LogP contribution in [-0.2, 0) is 0 Å². The van der Waals surface area contributed by atoms with Crippen molar-refractivity contribution in [3.63, 3.8) is 0 Å². The van der Waals surface area contributed by atoms with Gasteiger partial charge in [-0.2, -0.15) is 0 Å². The molecule has 0 saturated carbocycles. The van der Waals surface area contributed by atoms with Crippen molar-refractivity contribution in [2.24, 2.45) is 0 Å². The Hall–Kier alpha value is -2.93. The van der Waals surface area contributed by atoms with Gasteiger partial charge in [-0.1, -0.05) is 25.5 Å². The van der Waals surface area contributed by atoms with Gasteiger partial charge in [-0.15, -0.1) is 0 Å². The van der Waals surface area contributed by atoms with Crippen LogP contribution in [0.25, 0.3) is 0 Å². The molecular weight excluding hydrogens is 374 g/mol. The number of thiocarbonyl (C=S) groups is 1. The first kappa shape index (κ1) is 21.4. The molecular formula is C21H25N3O3S. The van der Waals surface area contributed by atoms with Gasteiger partial charge in [-0.05, 0) is 55.0 Å². The van der Waals surface area contributed by atoms with Crippen molar-refractivity contribution in [2.45, 2.75) is 19.8 Å². The molecule has 0 fully saturated rings. The number of carbonyl (C=O) groups excluding carboxylic acids is 2. The van der Waals surface area contributed by atoms with Gasteiger partial charge in [-0.3, -0.25) is 14.9 Å². The fraction of sp³-hybridized carbons (Fsp3) is 0.286. The molecule has 2 aromatic carbocycles. The van der Waals surface area contributed by atoms with Gasteiger partial charge in [0.25, 0.3) is 11.8 Å². The molecule has 2 N–H and O–H groups in total. The summed E-state index contributed by atoms with van der Waals surface area (Å²) in [6, 6.07) is 13.9. The zero-order chi connectivity index (χ0) is 20.5. The van der Waals surface area contributed by atoms with Crippen molar-refractivity contribution >= 4 is 34.8 Å². The highest BCUT2D eigenvalue weighted by atomic mass is 32.1. The Balaban J connectivity index is 1.98. The summed E-state index contributed by atoms with van der Waals surface area (Å²) < 4.78 is 5.59. The SMILES string of the molecule is CCCCOc1ccc(C(=O)NC(=S)Nc2ccccc2C(=O)N(C)C)cc1. The van der Waals surface area contributed by atoms with Crippen LogP contribution < -0.4 is 15.4 Å². The lowest BCUT2D eigenvalue weighted by molar-refractivity contribution is 0.0828. The molecule has 0 radical (unpaired) electrons. The van der Waals surface area contributed by atoms with Crippen LogP contribution in [0.1, 0.15) is 40.5 Å². The summed E-state index contributed by atoms with van der Waals surface area (Å²) in [5, 5.41) is 5.67. The molecule has 28 heavy (non-hydrogen) atoms. The van der Waals surface area contributed by atoms with Gasteiger partial charge in [0, 0.05) is 19.7 Å². The van der Waals surface area contributed by atoms with Crippen LogP contribution in [0.2, 0.25) is 0 Å². The Morgan fingerprint density at radius 2 is 1.75 bits per heavy atom. The van der Waals surface area contributed by atoms with E-state index in [2.05, 4.69) is 17.6 Å². The van der Waals surface area contributed by atoms with Crippen LogP contribution in [-0.4, -0.2) is 42.5 Å². The lowest BCUT2D eigenvalue weighted by Crippen LogP contribution is -2.35. The van der Waals surface area contributed by atoms with Crippen LogP contribution in [0.5, 0.6) is 5.75 Å². The second-order valence-electron chi connectivity index (χ2n) is 6.38. The first-order chi connectivity index (χ1) is 13.4. The summed E-state index contributed by atoms with van der Waals surface area (Å²) >= 11 is 5.23. The molecule has 0 aliphatic heterocycles. The second kappa shape index (κ2) is 10.4. The van der Waals surface area contributed by atoms with E-state index in [1.165, 1.54) is 4.90 Å². The molecule has 0 spiro atoms. The van der Waals surface area contributed by atoms with E-state index in [1.54, 1.807) is 62.6 Å². The number of amides is 2. The normalized spacial score (nSPS) is 10.1. The van der Waals surface area contributed by atoms with Crippen LogP contribution in [0, 0.1) is 0 Å². The van der Waals surface area contributed by atoms with E-state index in [0.717, 1.165) is 18.6 Å². The van der Waals surface area contributed by atoms with Crippen LogP contribution >= 0.6 is 12.2 Å². The van der Waals surface area contributed by atoms with Gasteiger partial charge < -0.3 is 15.0 Å². The number of anilines is 1. The average molecular weight is 400 g/mol. The van der Waals surface area contributed by atoms with Crippen molar-refractivity contribution in [1.29, 1.82) is 0 Å². The first-order valence-corrected chi connectivity index (χ1v) is 9.49. The molecule has 6 nitrogen and oxygen atoms in total. The number of unbranched alkanes of at least 4 members (excludes halogenated alkanes) is 1. The number of benzene rings is 2. The molecule has 2 rings (SSSR count). The summed E-state index contributed by atoms with van der Waals surface area (Å²) in [7, 11) is 3.35. The number of carbonyl (C=O) groups is 2. The molecule has 0 saturated heterocycles.